The number of carbonyl (C=O) groups excluding carboxylic acids is 1. The lowest BCUT2D eigenvalue weighted by molar-refractivity contribution is 0.0711. The highest BCUT2D eigenvalue weighted by Crippen LogP contribution is 2.29. The van der Waals surface area contributed by atoms with Crippen LogP contribution in [-0.4, -0.2) is 47.6 Å². The molecule has 9 nitrogen and oxygen atoms in total. The van der Waals surface area contributed by atoms with Crippen molar-refractivity contribution in [2.45, 2.75) is 32.6 Å². The number of rotatable bonds is 2. The first-order chi connectivity index (χ1) is 15.7. The van der Waals surface area contributed by atoms with Crippen molar-refractivity contribution in [3.8, 4) is 0 Å². The molecule has 1 aliphatic heterocycles. The molecule has 33 heavy (non-hydrogen) atoms. The van der Waals surface area contributed by atoms with Gasteiger partial charge in [-0.05, 0) is 50.5 Å². The number of carbonyl (C=O) groups is 1. The lowest BCUT2D eigenvalue weighted by Gasteiger charge is -2.31. The second-order valence-electron chi connectivity index (χ2n) is 9.09. The van der Waals surface area contributed by atoms with Crippen LogP contribution in [0, 0.1) is 13.8 Å². The van der Waals surface area contributed by atoms with Crippen LogP contribution in [0.15, 0.2) is 27.8 Å². The van der Waals surface area contributed by atoms with Gasteiger partial charge in [0.2, 0.25) is 0 Å². The highest BCUT2D eigenvalue weighted by atomic mass is 16.2. The molecule has 9 heteroatoms. The molecule has 172 valence electrons. The zero-order chi connectivity index (χ0) is 23.6. The maximum absolute atomic E-state index is 13.2. The molecular weight excluding hydrogens is 420 g/mol. The first kappa shape index (κ1) is 21.2. The highest BCUT2D eigenvalue weighted by molar-refractivity contribution is 5.99. The van der Waals surface area contributed by atoms with Gasteiger partial charge in [0.1, 0.15) is 11.3 Å². The van der Waals surface area contributed by atoms with Crippen molar-refractivity contribution in [1.82, 2.24) is 28.6 Å². The number of H-pyrrole nitrogens is 1. The minimum atomic E-state index is -0.396. The van der Waals surface area contributed by atoms with E-state index in [0.29, 0.717) is 35.6 Å². The predicted molar refractivity (Wildman–Crippen MR) is 127 cm³/mol. The monoisotopic (exact) mass is 448 g/mol. The maximum Gasteiger partial charge on any atom is 0.332 e. The Labute approximate surface area is 190 Å². The third-order valence-corrected chi connectivity index (χ3v) is 7.34. The Morgan fingerprint density at radius 1 is 1.03 bits per heavy atom. The maximum atomic E-state index is 13.2. The number of imidazole rings is 1. The van der Waals surface area contributed by atoms with Crippen molar-refractivity contribution in [2.75, 3.05) is 13.1 Å². The number of aryl methyl sites for hydroxylation is 3. The molecule has 0 bridgehead atoms. The van der Waals surface area contributed by atoms with Crippen LogP contribution in [0.3, 0.4) is 0 Å². The van der Waals surface area contributed by atoms with E-state index in [-0.39, 0.29) is 17.4 Å². The predicted octanol–water partition coefficient (Wildman–Crippen LogP) is 2.09. The van der Waals surface area contributed by atoms with E-state index in [9.17, 15) is 14.4 Å². The second kappa shape index (κ2) is 7.47. The van der Waals surface area contributed by atoms with Gasteiger partial charge in [-0.15, -0.1) is 0 Å². The Bertz CT molecular complexity index is 1540. The summed E-state index contributed by atoms with van der Waals surface area (Å²) >= 11 is 0. The summed E-state index contributed by atoms with van der Waals surface area (Å²) in [6, 6.07) is 5.93. The minimum Gasteiger partial charge on any atom is -0.348 e. The van der Waals surface area contributed by atoms with E-state index in [1.807, 2.05) is 30.1 Å². The van der Waals surface area contributed by atoms with E-state index in [4.69, 9.17) is 0 Å². The van der Waals surface area contributed by atoms with Crippen molar-refractivity contribution < 1.29 is 4.79 Å². The molecule has 1 fully saturated rings. The minimum absolute atomic E-state index is 0.0390. The SMILES string of the molecule is Cc1c(C)n(C)c2ccc(C(=O)N3CCC(c4nc5c([nH]4)c(=O)n(C)c(=O)n5C)CC3)cc12. The molecule has 4 aromatic rings. The molecular formula is C24H28N6O3. The van der Waals surface area contributed by atoms with Crippen LogP contribution in [0.25, 0.3) is 22.1 Å². The summed E-state index contributed by atoms with van der Waals surface area (Å²) in [7, 11) is 5.12. The van der Waals surface area contributed by atoms with Crippen LogP contribution in [0.4, 0.5) is 0 Å². The Morgan fingerprint density at radius 3 is 2.42 bits per heavy atom. The van der Waals surface area contributed by atoms with Crippen molar-refractivity contribution in [3.63, 3.8) is 0 Å². The van der Waals surface area contributed by atoms with Gasteiger partial charge in [0.05, 0.1) is 0 Å². The number of aromatic nitrogens is 5. The van der Waals surface area contributed by atoms with E-state index in [0.717, 1.165) is 28.3 Å². The van der Waals surface area contributed by atoms with E-state index in [1.54, 1.807) is 7.05 Å². The molecule has 1 aliphatic rings. The van der Waals surface area contributed by atoms with Crippen LogP contribution in [0.2, 0.25) is 0 Å². The highest BCUT2D eigenvalue weighted by Gasteiger charge is 2.27. The Hall–Kier alpha value is -3.62. The van der Waals surface area contributed by atoms with Crippen molar-refractivity contribution in [2.24, 2.45) is 21.1 Å². The molecule has 1 amide bonds. The van der Waals surface area contributed by atoms with Gasteiger partial charge in [-0.1, -0.05) is 0 Å². The molecule has 4 heterocycles. The van der Waals surface area contributed by atoms with Crippen molar-refractivity contribution >= 4 is 28.0 Å². The van der Waals surface area contributed by atoms with Gasteiger partial charge in [0.25, 0.3) is 11.5 Å². The first-order valence-electron chi connectivity index (χ1n) is 11.2. The summed E-state index contributed by atoms with van der Waals surface area (Å²) in [6.07, 6.45) is 1.48. The molecule has 0 unspecified atom stereocenters. The lowest BCUT2D eigenvalue weighted by atomic mass is 9.95. The largest absolute Gasteiger partial charge is 0.348 e. The summed E-state index contributed by atoms with van der Waals surface area (Å²) in [5, 5.41) is 1.12. The van der Waals surface area contributed by atoms with Gasteiger partial charge in [0, 0.05) is 62.3 Å². The van der Waals surface area contributed by atoms with E-state index >= 15 is 0 Å². The first-order valence-corrected chi connectivity index (χ1v) is 11.2. The number of hydrogen-bond donors (Lipinski definition) is 1. The number of piperidine rings is 1. The Kier molecular flexibility index (Phi) is 4.81. The molecule has 1 N–H and O–H groups in total. The average molecular weight is 449 g/mol. The van der Waals surface area contributed by atoms with Gasteiger partial charge in [0.15, 0.2) is 5.65 Å². The number of amides is 1. The summed E-state index contributed by atoms with van der Waals surface area (Å²) in [5.41, 5.74) is 4.18. The fourth-order valence-corrected chi connectivity index (χ4v) is 4.96. The van der Waals surface area contributed by atoms with Crippen LogP contribution in [-0.2, 0) is 21.1 Å². The quantitative estimate of drug-likeness (QED) is 0.508. The van der Waals surface area contributed by atoms with E-state index in [1.165, 1.54) is 22.9 Å². The molecule has 1 saturated heterocycles. The molecule has 5 rings (SSSR count). The van der Waals surface area contributed by atoms with Crippen LogP contribution >= 0.6 is 0 Å². The van der Waals surface area contributed by atoms with Gasteiger partial charge < -0.3 is 14.5 Å². The van der Waals surface area contributed by atoms with Gasteiger partial charge in [-0.25, -0.2) is 9.78 Å². The van der Waals surface area contributed by atoms with Gasteiger partial charge in [-0.3, -0.25) is 18.7 Å². The fraction of sp³-hybridized carbons (Fsp3) is 0.417. The molecule has 1 aromatic carbocycles. The van der Waals surface area contributed by atoms with Crippen molar-refractivity contribution in [3.05, 3.63) is 61.7 Å². The third-order valence-electron chi connectivity index (χ3n) is 7.34. The number of fused-ring (bicyclic) bond motifs is 2. The topological polar surface area (TPSA) is 97.9 Å². The number of benzene rings is 1. The molecule has 3 aromatic heterocycles. The smallest absolute Gasteiger partial charge is 0.332 e. The summed E-state index contributed by atoms with van der Waals surface area (Å²) in [4.78, 5) is 47.5. The third kappa shape index (κ3) is 3.13. The fourth-order valence-electron chi connectivity index (χ4n) is 4.96. The zero-order valence-corrected chi connectivity index (χ0v) is 19.6. The van der Waals surface area contributed by atoms with Crippen LogP contribution < -0.4 is 11.2 Å². The molecule has 0 spiro atoms. The number of nitrogens with one attached hydrogen (secondary N) is 1. The standard InChI is InChI=1S/C24H28N6O3/c1-13-14(2)27(3)18-7-6-16(12-17(13)18)22(31)30-10-8-15(9-11-30)20-25-19-21(26-20)28(4)24(33)29(5)23(19)32/h6-7,12,15H,8-11H2,1-5H3,(H,25,26). The Morgan fingerprint density at radius 2 is 1.73 bits per heavy atom. The zero-order valence-electron chi connectivity index (χ0n) is 19.6. The summed E-state index contributed by atoms with van der Waals surface area (Å²) in [6.45, 7) is 5.41. The summed E-state index contributed by atoms with van der Waals surface area (Å²) in [5.74, 6) is 0.840. The molecule has 0 radical (unpaired) electrons. The van der Waals surface area contributed by atoms with E-state index in [2.05, 4.69) is 28.4 Å². The molecule has 0 atom stereocenters. The normalized spacial score (nSPS) is 15.1. The number of likely N-dealkylation sites (tertiary alicyclic amines) is 1. The summed E-state index contributed by atoms with van der Waals surface area (Å²) < 4.78 is 4.62. The average Bonchev–Trinajstić information content (AvgIpc) is 3.37. The van der Waals surface area contributed by atoms with Crippen LogP contribution in [0.5, 0.6) is 0 Å². The number of hydrogen-bond acceptors (Lipinski definition) is 4. The molecule has 0 saturated carbocycles. The Balaban J connectivity index is 1.37. The van der Waals surface area contributed by atoms with E-state index < -0.39 is 5.69 Å². The van der Waals surface area contributed by atoms with Gasteiger partial charge >= 0.3 is 5.69 Å². The van der Waals surface area contributed by atoms with Gasteiger partial charge in [-0.2, -0.15) is 0 Å². The second-order valence-corrected chi connectivity index (χ2v) is 9.09. The lowest BCUT2D eigenvalue weighted by Crippen LogP contribution is -2.38. The number of aromatic amines is 1. The number of nitrogens with zero attached hydrogens (tertiary/aromatic N) is 5. The van der Waals surface area contributed by atoms with Crippen LogP contribution in [0.1, 0.15) is 46.2 Å². The van der Waals surface area contributed by atoms with Crippen molar-refractivity contribution in [1.29, 1.82) is 0 Å². The molecule has 0 aliphatic carbocycles.